The number of benzene rings is 2. The summed E-state index contributed by atoms with van der Waals surface area (Å²) in [6.45, 7) is 2.87. The minimum absolute atomic E-state index is 0.0225. The van der Waals surface area contributed by atoms with E-state index < -0.39 is 0 Å². The third-order valence-electron chi connectivity index (χ3n) is 4.57. The Hall–Kier alpha value is -2.33. The molecular formula is C19H18N2OS. The van der Waals surface area contributed by atoms with Gasteiger partial charge in [0.05, 0.1) is 11.7 Å². The van der Waals surface area contributed by atoms with Crippen LogP contribution < -0.4 is 5.32 Å². The quantitative estimate of drug-likeness (QED) is 0.668. The van der Waals surface area contributed by atoms with E-state index in [0.29, 0.717) is 0 Å². The third-order valence-corrected chi connectivity index (χ3v) is 5.57. The van der Waals surface area contributed by atoms with Crippen molar-refractivity contribution in [3.05, 3.63) is 64.4 Å². The smallest absolute Gasteiger partial charge is 0.317 e. The molecule has 1 N–H and O–H groups in total. The van der Waals surface area contributed by atoms with Gasteiger partial charge in [-0.2, -0.15) is 0 Å². The van der Waals surface area contributed by atoms with Crippen molar-refractivity contribution in [3.8, 4) is 0 Å². The highest BCUT2D eigenvalue weighted by atomic mass is 32.1. The van der Waals surface area contributed by atoms with Crippen LogP contribution in [0, 0.1) is 0 Å². The first-order valence-electron chi connectivity index (χ1n) is 7.85. The molecule has 2 aromatic carbocycles. The van der Waals surface area contributed by atoms with E-state index in [9.17, 15) is 4.79 Å². The Kier molecular flexibility index (Phi) is 3.54. The average molecular weight is 322 g/mol. The van der Waals surface area contributed by atoms with Gasteiger partial charge in [0.25, 0.3) is 0 Å². The Labute approximate surface area is 139 Å². The van der Waals surface area contributed by atoms with Gasteiger partial charge in [0.15, 0.2) is 0 Å². The van der Waals surface area contributed by atoms with Crippen molar-refractivity contribution in [2.75, 3.05) is 11.9 Å². The molecule has 116 valence electrons. The van der Waals surface area contributed by atoms with E-state index >= 15 is 0 Å². The lowest BCUT2D eigenvalue weighted by atomic mass is 10.0. The van der Waals surface area contributed by atoms with Crippen LogP contribution in [0.5, 0.6) is 0 Å². The van der Waals surface area contributed by atoms with Gasteiger partial charge in [-0.05, 0) is 41.8 Å². The molecule has 0 fully saturated rings. The van der Waals surface area contributed by atoms with Crippen LogP contribution >= 0.6 is 11.3 Å². The summed E-state index contributed by atoms with van der Waals surface area (Å²) in [6.07, 6.45) is 0.945. The number of amides is 2. The first kappa shape index (κ1) is 14.3. The lowest BCUT2D eigenvalue weighted by Gasteiger charge is -2.33. The molecule has 1 aromatic heterocycles. The fourth-order valence-electron chi connectivity index (χ4n) is 3.31. The summed E-state index contributed by atoms with van der Waals surface area (Å²) < 4.78 is 0. The minimum atomic E-state index is -0.0225. The maximum Gasteiger partial charge on any atom is 0.322 e. The molecule has 1 atom stereocenters. The van der Waals surface area contributed by atoms with Crippen molar-refractivity contribution in [1.29, 1.82) is 0 Å². The molecule has 4 heteroatoms. The highest BCUT2D eigenvalue weighted by molar-refractivity contribution is 7.10. The molecule has 3 aromatic rings. The van der Waals surface area contributed by atoms with E-state index in [4.69, 9.17) is 0 Å². The van der Waals surface area contributed by atoms with Crippen LogP contribution in [0.1, 0.15) is 23.4 Å². The summed E-state index contributed by atoms with van der Waals surface area (Å²) in [7, 11) is 0. The standard InChI is InChI=1S/C19H18N2OS/c1-13-15-10-12-23-18(15)9-11-21(13)19(22)20-17-8-4-6-14-5-2-3-7-16(14)17/h2-8,10,12-13H,9,11H2,1H3,(H,20,22). The van der Waals surface area contributed by atoms with Gasteiger partial charge in [0.1, 0.15) is 0 Å². The average Bonchev–Trinajstić information content (AvgIpc) is 3.05. The Balaban J connectivity index is 1.61. The van der Waals surface area contributed by atoms with E-state index in [1.807, 2.05) is 35.2 Å². The van der Waals surface area contributed by atoms with Crippen LogP contribution in [-0.2, 0) is 6.42 Å². The molecule has 0 spiro atoms. The summed E-state index contributed by atoms with van der Waals surface area (Å²) in [5.41, 5.74) is 2.16. The fourth-order valence-corrected chi connectivity index (χ4v) is 4.27. The van der Waals surface area contributed by atoms with Gasteiger partial charge in [-0.3, -0.25) is 0 Å². The normalized spacial score (nSPS) is 17.1. The van der Waals surface area contributed by atoms with E-state index in [-0.39, 0.29) is 12.1 Å². The number of thiophene rings is 1. The van der Waals surface area contributed by atoms with Crippen molar-refractivity contribution < 1.29 is 4.79 Å². The van der Waals surface area contributed by atoms with Crippen molar-refractivity contribution >= 4 is 33.8 Å². The predicted octanol–water partition coefficient (Wildman–Crippen LogP) is 5.05. The van der Waals surface area contributed by atoms with Gasteiger partial charge in [0, 0.05) is 16.8 Å². The van der Waals surface area contributed by atoms with Gasteiger partial charge in [-0.1, -0.05) is 36.4 Å². The molecule has 0 bridgehead atoms. The van der Waals surface area contributed by atoms with Crippen LogP contribution in [0.25, 0.3) is 10.8 Å². The Morgan fingerprint density at radius 2 is 2.00 bits per heavy atom. The Morgan fingerprint density at radius 1 is 1.17 bits per heavy atom. The van der Waals surface area contributed by atoms with E-state index in [1.165, 1.54) is 10.4 Å². The highest BCUT2D eigenvalue weighted by Gasteiger charge is 2.28. The number of rotatable bonds is 1. The van der Waals surface area contributed by atoms with Crippen LogP contribution in [0.3, 0.4) is 0 Å². The summed E-state index contributed by atoms with van der Waals surface area (Å²) in [5.74, 6) is 0. The molecular weight excluding hydrogens is 304 g/mol. The molecule has 2 amide bonds. The van der Waals surface area contributed by atoms with Crippen LogP contribution in [0.15, 0.2) is 53.9 Å². The predicted molar refractivity (Wildman–Crippen MR) is 96.1 cm³/mol. The number of carbonyl (C=O) groups excluding carboxylic acids is 1. The van der Waals surface area contributed by atoms with Crippen molar-refractivity contribution in [2.45, 2.75) is 19.4 Å². The molecule has 1 aliphatic heterocycles. The van der Waals surface area contributed by atoms with Crippen LogP contribution in [0.4, 0.5) is 10.5 Å². The lowest BCUT2D eigenvalue weighted by molar-refractivity contribution is 0.189. The second-order valence-electron chi connectivity index (χ2n) is 5.88. The zero-order chi connectivity index (χ0) is 15.8. The number of hydrogen-bond acceptors (Lipinski definition) is 2. The number of nitrogens with zero attached hydrogens (tertiary/aromatic N) is 1. The SMILES string of the molecule is CC1c2ccsc2CCN1C(=O)Nc1cccc2ccccc12. The number of carbonyl (C=O) groups is 1. The summed E-state index contributed by atoms with van der Waals surface area (Å²) >= 11 is 1.79. The first-order chi connectivity index (χ1) is 11.2. The number of urea groups is 1. The summed E-state index contributed by atoms with van der Waals surface area (Å²) in [5, 5.41) is 7.43. The van der Waals surface area contributed by atoms with Gasteiger partial charge in [0.2, 0.25) is 0 Å². The topological polar surface area (TPSA) is 32.3 Å². The Bertz CT molecular complexity index is 865. The second kappa shape index (κ2) is 5.70. The molecule has 3 nitrogen and oxygen atoms in total. The van der Waals surface area contributed by atoms with Gasteiger partial charge >= 0.3 is 6.03 Å². The molecule has 1 aliphatic rings. The highest BCUT2D eigenvalue weighted by Crippen LogP contribution is 2.33. The number of nitrogens with one attached hydrogen (secondary N) is 1. The van der Waals surface area contributed by atoms with Crippen LogP contribution in [-0.4, -0.2) is 17.5 Å². The third kappa shape index (κ3) is 2.49. The van der Waals surface area contributed by atoms with E-state index in [2.05, 4.69) is 35.8 Å². The van der Waals surface area contributed by atoms with Gasteiger partial charge in [-0.25, -0.2) is 4.79 Å². The zero-order valence-corrected chi connectivity index (χ0v) is 13.8. The van der Waals surface area contributed by atoms with E-state index in [1.54, 1.807) is 11.3 Å². The number of hydrogen-bond donors (Lipinski definition) is 1. The molecule has 0 saturated heterocycles. The van der Waals surface area contributed by atoms with Gasteiger partial charge in [-0.15, -0.1) is 11.3 Å². The molecule has 4 rings (SSSR count). The summed E-state index contributed by atoms with van der Waals surface area (Å²) in [6, 6.07) is 16.4. The molecule has 1 unspecified atom stereocenters. The summed E-state index contributed by atoms with van der Waals surface area (Å²) in [4.78, 5) is 16.1. The molecule has 23 heavy (non-hydrogen) atoms. The maximum absolute atomic E-state index is 12.8. The second-order valence-corrected chi connectivity index (χ2v) is 6.88. The maximum atomic E-state index is 12.8. The largest absolute Gasteiger partial charge is 0.322 e. The van der Waals surface area contributed by atoms with E-state index in [0.717, 1.165) is 29.4 Å². The number of fused-ring (bicyclic) bond motifs is 2. The first-order valence-corrected chi connectivity index (χ1v) is 8.73. The fraction of sp³-hybridized carbons (Fsp3) is 0.211. The zero-order valence-electron chi connectivity index (χ0n) is 13.0. The molecule has 0 aliphatic carbocycles. The minimum Gasteiger partial charge on any atom is -0.317 e. The monoisotopic (exact) mass is 322 g/mol. The molecule has 2 heterocycles. The van der Waals surface area contributed by atoms with Crippen molar-refractivity contribution in [1.82, 2.24) is 4.90 Å². The van der Waals surface area contributed by atoms with Crippen LogP contribution in [0.2, 0.25) is 0 Å². The molecule has 0 saturated carbocycles. The van der Waals surface area contributed by atoms with Crippen molar-refractivity contribution in [2.24, 2.45) is 0 Å². The Morgan fingerprint density at radius 3 is 2.91 bits per heavy atom. The van der Waals surface area contributed by atoms with Gasteiger partial charge < -0.3 is 10.2 Å². The van der Waals surface area contributed by atoms with Crippen molar-refractivity contribution in [3.63, 3.8) is 0 Å². The molecule has 0 radical (unpaired) electrons. The lowest BCUT2D eigenvalue weighted by Crippen LogP contribution is -2.40. The number of anilines is 1.